The van der Waals surface area contributed by atoms with Gasteiger partial charge in [0, 0.05) is 24.2 Å². The van der Waals surface area contributed by atoms with Gasteiger partial charge in [0.15, 0.2) is 0 Å². The molecule has 23 heavy (non-hydrogen) atoms. The third kappa shape index (κ3) is 2.33. The summed E-state index contributed by atoms with van der Waals surface area (Å²) in [7, 11) is 0. The van der Waals surface area contributed by atoms with Gasteiger partial charge in [-0.2, -0.15) is 0 Å². The molecule has 1 spiro atoms. The fraction of sp³-hybridized carbons (Fsp3) is 0.714. The van der Waals surface area contributed by atoms with Gasteiger partial charge >= 0.3 is 0 Å². The van der Waals surface area contributed by atoms with E-state index in [-0.39, 0.29) is 0 Å². The standard InChI is InChI=1S/C21H30N2/c1-15-2-5-20-19(10-15)21(14-22-20)6-8-23(9-7-21)13-18-12-16-3-4-17(18)11-16/h2,5,10,16-18,22H,3-4,6-9,11-14H2,1H3. The molecule has 1 saturated heterocycles. The van der Waals surface area contributed by atoms with Crippen molar-refractivity contribution in [2.75, 3.05) is 31.5 Å². The van der Waals surface area contributed by atoms with Crippen LogP contribution in [0.2, 0.25) is 0 Å². The number of rotatable bonds is 2. The molecule has 2 heterocycles. The van der Waals surface area contributed by atoms with Crippen molar-refractivity contribution in [3.63, 3.8) is 0 Å². The summed E-state index contributed by atoms with van der Waals surface area (Å²) in [5, 5.41) is 3.68. The normalized spacial score (nSPS) is 34.7. The van der Waals surface area contributed by atoms with Gasteiger partial charge in [-0.05, 0) is 81.5 Å². The first-order chi connectivity index (χ1) is 11.2. The molecule has 3 fully saturated rings. The number of benzene rings is 1. The second kappa shape index (κ2) is 5.24. The Labute approximate surface area is 140 Å². The van der Waals surface area contributed by atoms with E-state index in [2.05, 4.69) is 35.3 Å². The maximum absolute atomic E-state index is 3.68. The molecule has 2 heteroatoms. The lowest BCUT2D eigenvalue weighted by Gasteiger charge is -2.41. The molecule has 0 radical (unpaired) electrons. The first-order valence-electron chi connectivity index (χ1n) is 9.79. The summed E-state index contributed by atoms with van der Waals surface area (Å²) in [5.74, 6) is 3.20. The van der Waals surface area contributed by atoms with Crippen molar-refractivity contribution in [2.24, 2.45) is 17.8 Å². The van der Waals surface area contributed by atoms with E-state index in [1.807, 2.05) is 0 Å². The SMILES string of the molecule is Cc1ccc2c(c1)C1(CCN(CC3CC4CCC3C4)CC1)CN2. The van der Waals surface area contributed by atoms with Gasteiger partial charge in [-0.1, -0.05) is 24.1 Å². The van der Waals surface area contributed by atoms with Gasteiger partial charge in [0.1, 0.15) is 0 Å². The summed E-state index contributed by atoms with van der Waals surface area (Å²) in [4.78, 5) is 2.80. The summed E-state index contributed by atoms with van der Waals surface area (Å²) >= 11 is 0. The lowest BCUT2D eigenvalue weighted by molar-refractivity contribution is 0.129. The zero-order valence-corrected chi connectivity index (χ0v) is 14.5. The minimum atomic E-state index is 0.423. The molecule has 2 saturated carbocycles. The second-order valence-corrected chi connectivity index (χ2v) is 8.92. The van der Waals surface area contributed by atoms with Gasteiger partial charge in [0.2, 0.25) is 0 Å². The van der Waals surface area contributed by atoms with Crippen molar-refractivity contribution in [1.29, 1.82) is 0 Å². The zero-order chi connectivity index (χ0) is 15.4. The number of nitrogens with one attached hydrogen (secondary N) is 1. The van der Waals surface area contributed by atoms with Crippen molar-refractivity contribution in [3.05, 3.63) is 29.3 Å². The van der Waals surface area contributed by atoms with Crippen LogP contribution in [-0.4, -0.2) is 31.1 Å². The van der Waals surface area contributed by atoms with Crippen LogP contribution in [0.4, 0.5) is 5.69 Å². The predicted molar refractivity (Wildman–Crippen MR) is 96.0 cm³/mol. The van der Waals surface area contributed by atoms with Crippen LogP contribution in [-0.2, 0) is 5.41 Å². The van der Waals surface area contributed by atoms with E-state index in [9.17, 15) is 0 Å². The average molecular weight is 310 g/mol. The summed E-state index contributed by atoms with van der Waals surface area (Å²) in [5.41, 5.74) is 4.84. The van der Waals surface area contributed by atoms with Gasteiger partial charge < -0.3 is 10.2 Å². The van der Waals surface area contributed by atoms with Crippen molar-refractivity contribution in [1.82, 2.24) is 4.90 Å². The first-order valence-corrected chi connectivity index (χ1v) is 9.79. The van der Waals surface area contributed by atoms with Crippen molar-refractivity contribution in [3.8, 4) is 0 Å². The van der Waals surface area contributed by atoms with E-state index < -0.39 is 0 Å². The zero-order valence-electron chi connectivity index (χ0n) is 14.5. The van der Waals surface area contributed by atoms with E-state index in [0.717, 1.165) is 24.3 Å². The van der Waals surface area contributed by atoms with Gasteiger partial charge in [-0.15, -0.1) is 0 Å². The molecule has 3 atom stereocenters. The van der Waals surface area contributed by atoms with E-state index in [1.165, 1.54) is 63.0 Å². The number of fused-ring (bicyclic) bond motifs is 4. The van der Waals surface area contributed by atoms with E-state index >= 15 is 0 Å². The van der Waals surface area contributed by atoms with Crippen molar-refractivity contribution >= 4 is 5.69 Å². The minimum Gasteiger partial charge on any atom is -0.384 e. The van der Waals surface area contributed by atoms with Crippen LogP contribution in [0.5, 0.6) is 0 Å². The molecule has 2 aliphatic heterocycles. The summed E-state index contributed by atoms with van der Waals surface area (Å²) in [6, 6.07) is 6.98. The molecule has 0 aromatic heterocycles. The smallest absolute Gasteiger partial charge is 0.0379 e. The molecule has 1 aromatic rings. The molecule has 5 rings (SSSR count). The van der Waals surface area contributed by atoms with Gasteiger partial charge in [-0.25, -0.2) is 0 Å². The van der Waals surface area contributed by atoms with Crippen LogP contribution in [0.1, 0.15) is 49.7 Å². The molecule has 0 amide bonds. The highest BCUT2D eigenvalue weighted by molar-refractivity contribution is 5.61. The van der Waals surface area contributed by atoms with Crippen LogP contribution in [0.15, 0.2) is 18.2 Å². The Morgan fingerprint density at radius 3 is 2.78 bits per heavy atom. The van der Waals surface area contributed by atoms with Crippen LogP contribution in [0, 0.1) is 24.7 Å². The Kier molecular flexibility index (Phi) is 3.27. The fourth-order valence-electron chi connectivity index (χ4n) is 6.15. The molecule has 2 aliphatic carbocycles. The number of likely N-dealkylation sites (tertiary alicyclic amines) is 1. The van der Waals surface area contributed by atoms with E-state index in [1.54, 1.807) is 12.0 Å². The van der Waals surface area contributed by atoms with Gasteiger partial charge in [-0.3, -0.25) is 0 Å². The number of hydrogen-bond acceptors (Lipinski definition) is 2. The number of piperidine rings is 1. The van der Waals surface area contributed by atoms with Crippen molar-refractivity contribution < 1.29 is 0 Å². The lowest BCUT2D eigenvalue weighted by Crippen LogP contribution is -2.45. The fourth-order valence-corrected chi connectivity index (χ4v) is 6.15. The summed E-state index contributed by atoms with van der Waals surface area (Å²) in [6.07, 6.45) is 8.85. The van der Waals surface area contributed by atoms with Crippen LogP contribution in [0.3, 0.4) is 0 Å². The molecular formula is C21H30N2. The number of nitrogens with zero attached hydrogens (tertiary/aromatic N) is 1. The van der Waals surface area contributed by atoms with Gasteiger partial charge in [0.05, 0.1) is 0 Å². The topological polar surface area (TPSA) is 15.3 Å². The molecule has 3 unspecified atom stereocenters. The molecule has 2 bridgehead atoms. The lowest BCUT2D eigenvalue weighted by atomic mass is 9.73. The Balaban J connectivity index is 1.26. The second-order valence-electron chi connectivity index (χ2n) is 8.92. The average Bonchev–Trinajstić information content (AvgIpc) is 3.25. The summed E-state index contributed by atoms with van der Waals surface area (Å²) in [6.45, 7) is 7.40. The Morgan fingerprint density at radius 2 is 2.04 bits per heavy atom. The van der Waals surface area contributed by atoms with E-state index in [0.29, 0.717) is 5.41 Å². The van der Waals surface area contributed by atoms with Crippen LogP contribution < -0.4 is 5.32 Å². The largest absolute Gasteiger partial charge is 0.384 e. The third-order valence-corrected chi connectivity index (χ3v) is 7.55. The monoisotopic (exact) mass is 310 g/mol. The number of hydrogen-bond donors (Lipinski definition) is 1. The molecule has 2 nitrogen and oxygen atoms in total. The number of anilines is 1. The Bertz CT molecular complexity index is 600. The van der Waals surface area contributed by atoms with E-state index in [4.69, 9.17) is 0 Å². The maximum Gasteiger partial charge on any atom is 0.0379 e. The van der Waals surface area contributed by atoms with Crippen molar-refractivity contribution in [2.45, 2.75) is 50.9 Å². The third-order valence-electron chi connectivity index (χ3n) is 7.55. The molecule has 1 aromatic carbocycles. The summed E-state index contributed by atoms with van der Waals surface area (Å²) < 4.78 is 0. The predicted octanol–water partition coefficient (Wildman–Crippen LogP) is 4.19. The van der Waals surface area contributed by atoms with Crippen LogP contribution >= 0.6 is 0 Å². The highest BCUT2D eigenvalue weighted by Gasteiger charge is 2.44. The molecule has 1 N–H and O–H groups in total. The molecule has 124 valence electrons. The van der Waals surface area contributed by atoms with Crippen LogP contribution in [0.25, 0.3) is 0 Å². The molecule has 4 aliphatic rings. The number of aryl methyl sites for hydroxylation is 1. The highest BCUT2D eigenvalue weighted by atomic mass is 15.1. The Hall–Kier alpha value is -1.02. The molecular weight excluding hydrogens is 280 g/mol. The minimum absolute atomic E-state index is 0.423. The maximum atomic E-state index is 3.68. The quantitative estimate of drug-likeness (QED) is 0.881. The Morgan fingerprint density at radius 1 is 1.17 bits per heavy atom. The van der Waals surface area contributed by atoms with Gasteiger partial charge in [0.25, 0.3) is 0 Å². The first kappa shape index (κ1) is 14.3. The highest BCUT2D eigenvalue weighted by Crippen LogP contribution is 2.49.